The molecule has 2 N–H and O–H groups in total. The van der Waals surface area contributed by atoms with Gasteiger partial charge < -0.3 is 10.4 Å². The average molecular weight is 312 g/mol. The van der Waals surface area contributed by atoms with Crippen molar-refractivity contribution in [3.8, 4) is 0 Å². The van der Waals surface area contributed by atoms with Gasteiger partial charge in [-0.2, -0.15) is 0 Å². The van der Waals surface area contributed by atoms with Crippen LogP contribution in [0.3, 0.4) is 0 Å². The molecule has 1 saturated carbocycles. The Morgan fingerprint density at radius 2 is 2.09 bits per heavy atom. The minimum absolute atomic E-state index is 0.0686. The monoisotopic (exact) mass is 312 g/mol. The number of anilines is 1. The molecule has 2 unspecified atom stereocenters. The smallest absolute Gasteiger partial charge is 0.238 e. The second-order valence-electron chi connectivity index (χ2n) is 5.98. The minimum Gasteiger partial charge on any atom is -0.393 e. The van der Waals surface area contributed by atoms with Crippen LogP contribution in [-0.2, 0) is 4.79 Å². The molecule has 1 aliphatic rings. The van der Waals surface area contributed by atoms with Crippen molar-refractivity contribution in [1.29, 1.82) is 0 Å². The molecule has 22 heavy (non-hydrogen) atoms. The molecular weight excluding hydrogens is 290 g/mol. The number of aliphatic hydroxyl groups excluding tert-OH is 1. The zero-order valence-corrected chi connectivity index (χ0v) is 12.7. The van der Waals surface area contributed by atoms with Crippen molar-refractivity contribution in [3.63, 3.8) is 0 Å². The lowest BCUT2D eigenvalue weighted by atomic mass is 9.86. The number of halogens is 2. The third-order valence-electron chi connectivity index (χ3n) is 4.03. The van der Waals surface area contributed by atoms with E-state index in [9.17, 15) is 18.7 Å². The zero-order chi connectivity index (χ0) is 16.1. The first-order chi connectivity index (χ1) is 10.5. The molecule has 0 heterocycles. The lowest BCUT2D eigenvalue weighted by molar-refractivity contribution is -0.117. The molecule has 0 aromatic heterocycles. The summed E-state index contributed by atoms with van der Waals surface area (Å²) in [6.45, 7) is 0.680. The number of hydrogen-bond acceptors (Lipinski definition) is 3. The third-order valence-corrected chi connectivity index (χ3v) is 4.03. The second-order valence-corrected chi connectivity index (χ2v) is 5.98. The van der Waals surface area contributed by atoms with Gasteiger partial charge in [-0.05, 0) is 37.9 Å². The summed E-state index contributed by atoms with van der Waals surface area (Å²) in [5.41, 5.74) is -0.156. The summed E-state index contributed by atoms with van der Waals surface area (Å²) in [6, 6.07) is 2.94. The van der Waals surface area contributed by atoms with Crippen LogP contribution in [0, 0.1) is 17.6 Å². The molecule has 0 aliphatic heterocycles. The highest BCUT2D eigenvalue weighted by Crippen LogP contribution is 2.24. The molecule has 6 heteroatoms. The molecule has 2 atom stereocenters. The fourth-order valence-electron chi connectivity index (χ4n) is 2.89. The first kappa shape index (κ1) is 16.8. The topological polar surface area (TPSA) is 52.6 Å². The number of likely N-dealkylation sites (N-methyl/N-ethyl adjacent to an activating group) is 1. The van der Waals surface area contributed by atoms with Gasteiger partial charge in [0.25, 0.3) is 0 Å². The van der Waals surface area contributed by atoms with Crippen LogP contribution in [0.15, 0.2) is 18.2 Å². The summed E-state index contributed by atoms with van der Waals surface area (Å²) in [5, 5.41) is 12.3. The molecule has 0 bridgehead atoms. The van der Waals surface area contributed by atoms with Crippen molar-refractivity contribution in [2.75, 3.05) is 25.5 Å². The number of carbonyl (C=O) groups excluding carboxylic acids is 1. The van der Waals surface area contributed by atoms with E-state index in [1.807, 2.05) is 0 Å². The number of hydrogen-bond donors (Lipinski definition) is 2. The van der Waals surface area contributed by atoms with E-state index in [0.717, 1.165) is 43.9 Å². The van der Waals surface area contributed by atoms with Crippen LogP contribution >= 0.6 is 0 Å². The highest BCUT2D eigenvalue weighted by atomic mass is 19.1. The first-order valence-corrected chi connectivity index (χ1v) is 7.57. The van der Waals surface area contributed by atoms with Crippen LogP contribution in [0.2, 0.25) is 0 Å². The van der Waals surface area contributed by atoms with Crippen LogP contribution in [0.1, 0.15) is 25.7 Å². The van der Waals surface area contributed by atoms with Crippen LogP contribution in [0.4, 0.5) is 14.5 Å². The number of amides is 1. The van der Waals surface area contributed by atoms with Gasteiger partial charge >= 0.3 is 0 Å². The Morgan fingerprint density at radius 3 is 2.82 bits per heavy atom. The van der Waals surface area contributed by atoms with Crippen molar-refractivity contribution >= 4 is 11.6 Å². The average Bonchev–Trinajstić information content (AvgIpc) is 2.45. The second kappa shape index (κ2) is 7.65. The van der Waals surface area contributed by atoms with Crippen molar-refractivity contribution < 1.29 is 18.7 Å². The Bertz CT molecular complexity index is 525. The molecular formula is C16H22F2N2O2. The Labute approximate surface area is 129 Å². The number of benzene rings is 1. The van der Waals surface area contributed by atoms with Crippen molar-refractivity contribution in [2.24, 2.45) is 5.92 Å². The van der Waals surface area contributed by atoms with Crippen molar-refractivity contribution in [3.05, 3.63) is 29.8 Å². The van der Waals surface area contributed by atoms with Gasteiger partial charge in [0.05, 0.1) is 18.3 Å². The van der Waals surface area contributed by atoms with Crippen molar-refractivity contribution in [2.45, 2.75) is 31.8 Å². The van der Waals surface area contributed by atoms with Crippen molar-refractivity contribution in [1.82, 2.24) is 4.90 Å². The van der Waals surface area contributed by atoms with Gasteiger partial charge in [0.15, 0.2) is 0 Å². The molecule has 2 rings (SSSR count). The SMILES string of the molecule is CN(CC(=O)Nc1cc(F)ccc1F)CC1CCCCC1O. The maximum atomic E-state index is 13.5. The lowest BCUT2D eigenvalue weighted by Gasteiger charge is -2.30. The molecule has 122 valence electrons. The largest absolute Gasteiger partial charge is 0.393 e. The highest BCUT2D eigenvalue weighted by Gasteiger charge is 2.24. The number of nitrogens with one attached hydrogen (secondary N) is 1. The van der Waals surface area contributed by atoms with Gasteiger partial charge in [0.1, 0.15) is 11.6 Å². The van der Waals surface area contributed by atoms with E-state index in [4.69, 9.17) is 0 Å². The van der Waals surface area contributed by atoms with E-state index in [2.05, 4.69) is 5.32 Å². The quantitative estimate of drug-likeness (QED) is 0.878. The number of carbonyl (C=O) groups is 1. The van der Waals surface area contributed by atoms with Gasteiger partial charge in [-0.15, -0.1) is 0 Å². The van der Waals surface area contributed by atoms with Gasteiger partial charge in [0.2, 0.25) is 5.91 Å². The maximum Gasteiger partial charge on any atom is 0.238 e. The van der Waals surface area contributed by atoms with E-state index in [1.54, 1.807) is 11.9 Å². The van der Waals surface area contributed by atoms with Gasteiger partial charge in [-0.25, -0.2) is 8.78 Å². The molecule has 1 fully saturated rings. The summed E-state index contributed by atoms with van der Waals surface area (Å²) >= 11 is 0. The predicted molar refractivity (Wildman–Crippen MR) is 80.4 cm³/mol. The summed E-state index contributed by atoms with van der Waals surface area (Å²) in [6.07, 6.45) is 3.57. The Morgan fingerprint density at radius 1 is 1.36 bits per heavy atom. The van der Waals surface area contributed by atoms with E-state index < -0.39 is 17.5 Å². The minimum atomic E-state index is -0.667. The summed E-state index contributed by atoms with van der Waals surface area (Å²) < 4.78 is 26.5. The lowest BCUT2D eigenvalue weighted by Crippen LogP contribution is -2.38. The summed E-state index contributed by atoms with van der Waals surface area (Å²) in [5.74, 6) is -1.51. The molecule has 0 spiro atoms. The fourth-order valence-corrected chi connectivity index (χ4v) is 2.89. The standard InChI is InChI=1S/C16H22F2N2O2/c1-20(9-11-4-2-3-5-15(11)21)10-16(22)19-14-8-12(17)6-7-13(14)18/h6-8,11,15,21H,2-5,9-10H2,1H3,(H,19,22). The van der Waals surface area contributed by atoms with E-state index in [1.165, 1.54) is 0 Å². The molecule has 1 amide bonds. The normalized spacial score (nSPS) is 21.9. The molecule has 1 aliphatic carbocycles. The van der Waals surface area contributed by atoms with E-state index >= 15 is 0 Å². The fraction of sp³-hybridized carbons (Fsp3) is 0.562. The van der Waals surface area contributed by atoms with E-state index in [-0.39, 0.29) is 24.3 Å². The van der Waals surface area contributed by atoms with Gasteiger partial charge in [-0.1, -0.05) is 12.8 Å². The molecule has 4 nitrogen and oxygen atoms in total. The van der Waals surface area contributed by atoms with Crippen LogP contribution < -0.4 is 5.32 Å². The summed E-state index contributed by atoms with van der Waals surface area (Å²) in [7, 11) is 1.78. The Hall–Kier alpha value is -1.53. The summed E-state index contributed by atoms with van der Waals surface area (Å²) in [4.78, 5) is 13.7. The number of nitrogens with zero attached hydrogens (tertiary/aromatic N) is 1. The van der Waals surface area contributed by atoms with Gasteiger partial charge in [-0.3, -0.25) is 9.69 Å². The maximum absolute atomic E-state index is 13.5. The Kier molecular flexibility index (Phi) is 5.85. The van der Waals surface area contributed by atoms with Crippen LogP contribution in [0.25, 0.3) is 0 Å². The molecule has 1 aromatic carbocycles. The number of aliphatic hydroxyl groups is 1. The number of rotatable bonds is 5. The van der Waals surface area contributed by atoms with E-state index in [0.29, 0.717) is 6.54 Å². The zero-order valence-electron chi connectivity index (χ0n) is 12.7. The first-order valence-electron chi connectivity index (χ1n) is 7.57. The van der Waals surface area contributed by atoms with Gasteiger partial charge in [0, 0.05) is 12.6 Å². The molecule has 0 radical (unpaired) electrons. The molecule has 0 saturated heterocycles. The van der Waals surface area contributed by atoms with Crippen LogP contribution in [-0.4, -0.2) is 42.2 Å². The Balaban J connectivity index is 1.84. The molecule has 1 aromatic rings. The predicted octanol–water partition coefficient (Wildman–Crippen LogP) is 2.39. The highest BCUT2D eigenvalue weighted by molar-refractivity contribution is 5.92. The third kappa shape index (κ3) is 4.74. The van der Waals surface area contributed by atoms with Crippen LogP contribution in [0.5, 0.6) is 0 Å².